The highest BCUT2D eigenvalue weighted by molar-refractivity contribution is 9.10. The van der Waals surface area contributed by atoms with Crippen molar-refractivity contribution in [1.82, 2.24) is 4.98 Å². The van der Waals surface area contributed by atoms with E-state index in [1.807, 2.05) is 6.07 Å². The standard InChI is InChI=1S/C6H2BrClN2/c7-6-5(8)4(3-9)1-2-10-6/h1-2H. The Morgan fingerprint density at radius 2 is 2.40 bits per heavy atom. The van der Waals surface area contributed by atoms with Crippen molar-refractivity contribution in [1.29, 1.82) is 5.26 Å². The molecule has 0 unspecified atom stereocenters. The minimum absolute atomic E-state index is 0.366. The molecule has 10 heavy (non-hydrogen) atoms. The van der Waals surface area contributed by atoms with Crippen LogP contribution in [0.15, 0.2) is 16.9 Å². The third kappa shape index (κ3) is 1.28. The predicted octanol–water partition coefficient (Wildman–Crippen LogP) is 2.37. The average molecular weight is 217 g/mol. The van der Waals surface area contributed by atoms with Crippen LogP contribution in [0.2, 0.25) is 5.02 Å². The zero-order valence-electron chi connectivity index (χ0n) is 4.81. The first kappa shape index (κ1) is 7.52. The second-order valence-electron chi connectivity index (χ2n) is 1.58. The van der Waals surface area contributed by atoms with E-state index in [-0.39, 0.29) is 0 Å². The highest BCUT2D eigenvalue weighted by Crippen LogP contribution is 2.22. The lowest BCUT2D eigenvalue weighted by atomic mass is 10.3. The monoisotopic (exact) mass is 216 g/mol. The van der Waals surface area contributed by atoms with E-state index >= 15 is 0 Å². The molecule has 2 nitrogen and oxygen atoms in total. The summed E-state index contributed by atoms with van der Waals surface area (Å²) in [5.74, 6) is 0. The van der Waals surface area contributed by atoms with Crippen molar-refractivity contribution in [2.75, 3.05) is 0 Å². The van der Waals surface area contributed by atoms with Gasteiger partial charge >= 0.3 is 0 Å². The molecule has 0 N–H and O–H groups in total. The largest absolute Gasteiger partial charge is 0.248 e. The van der Waals surface area contributed by atoms with Gasteiger partial charge in [0.1, 0.15) is 10.7 Å². The van der Waals surface area contributed by atoms with Crippen LogP contribution in [0.4, 0.5) is 0 Å². The van der Waals surface area contributed by atoms with Gasteiger partial charge in [-0.1, -0.05) is 11.6 Å². The van der Waals surface area contributed by atoms with Crippen LogP contribution >= 0.6 is 27.5 Å². The summed E-state index contributed by atoms with van der Waals surface area (Å²) in [7, 11) is 0. The summed E-state index contributed by atoms with van der Waals surface area (Å²) in [4.78, 5) is 3.82. The minimum atomic E-state index is 0.366. The molecular weight excluding hydrogens is 215 g/mol. The van der Waals surface area contributed by atoms with Crippen molar-refractivity contribution in [2.24, 2.45) is 0 Å². The second kappa shape index (κ2) is 3.00. The molecule has 1 rings (SSSR count). The van der Waals surface area contributed by atoms with Gasteiger partial charge in [-0.3, -0.25) is 0 Å². The van der Waals surface area contributed by atoms with Gasteiger partial charge in [0.25, 0.3) is 0 Å². The van der Waals surface area contributed by atoms with Gasteiger partial charge in [-0.2, -0.15) is 5.26 Å². The van der Waals surface area contributed by atoms with Gasteiger partial charge in [0.2, 0.25) is 0 Å². The van der Waals surface area contributed by atoms with Crippen LogP contribution in [0.1, 0.15) is 5.56 Å². The summed E-state index contributed by atoms with van der Waals surface area (Å²) in [5.41, 5.74) is 0.434. The molecule has 4 heteroatoms. The molecule has 0 radical (unpaired) electrons. The lowest BCUT2D eigenvalue weighted by Gasteiger charge is -1.93. The average Bonchev–Trinajstić information content (AvgIpc) is 1.95. The number of pyridine rings is 1. The van der Waals surface area contributed by atoms with E-state index in [4.69, 9.17) is 16.9 Å². The summed E-state index contributed by atoms with van der Waals surface area (Å²) in [5, 5.41) is 8.83. The first-order chi connectivity index (χ1) is 4.75. The molecular formula is C6H2BrClN2. The Labute approximate surface area is 71.6 Å². The maximum atomic E-state index is 8.46. The SMILES string of the molecule is N#Cc1ccnc(Br)c1Cl. The van der Waals surface area contributed by atoms with Gasteiger partial charge in [0, 0.05) is 6.20 Å². The first-order valence-corrected chi connectivity index (χ1v) is 3.63. The Balaban J connectivity index is 3.31. The molecule has 0 spiro atoms. The summed E-state index contributed by atoms with van der Waals surface area (Å²) >= 11 is 8.75. The zero-order valence-corrected chi connectivity index (χ0v) is 7.15. The first-order valence-electron chi connectivity index (χ1n) is 2.46. The Morgan fingerprint density at radius 1 is 1.70 bits per heavy atom. The predicted molar refractivity (Wildman–Crippen MR) is 41.7 cm³/mol. The fraction of sp³-hybridized carbons (Fsp3) is 0. The zero-order chi connectivity index (χ0) is 7.56. The molecule has 0 bridgehead atoms. The number of hydrogen-bond acceptors (Lipinski definition) is 2. The minimum Gasteiger partial charge on any atom is -0.248 e. The molecule has 0 atom stereocenters. The number of rotatable bonds is 0. The van der Waals surface area contributed by atoms with Crippen molar-refractivity contribution >= 4 is 27.5 Å². The van der Waals surface area contributed by atoms with Gasteiger partial charge in [0.05, 0.1) is 10.6 Å². The molecule has 1 aromatic rings. The maximum Gasteiger partial charge on any atom is 0.125 e. The van der Waals surface area contributed by atoms with Crippen molar-refractivity contribution in [3.8, 4) is 6.07 Å². The summed E-state index contributed by atoms with van der Waals surface area (Å²) in [6.45, 7) is 0. The van der Waals surface area contributed by atoms with Crippen LogP contribution in [-0.4, -0.2) is 4.98 Å². The summed E-state index contributed by atoms with van der Waals surface area (Å²) in [6.07, 6.45) is 1.52. The van der Waals surface area contributed by atoms with Gasteiger partial charge in [0.15, 0.2) is 0 Å². The van der Waals surface area contributed by atoms with Crippen molar-refractivity contribution in [3.05, 3.63) is 27.5 Å². The van der Waals surface area contributed by atoms with Crippen LogP contribution in [0.5, 0.6) is 0 Å². The molecule has 0 amide bonds. The smallest absolute Gasteiger partial charge is 0.125 e. The maximum absolute atomic E-state index is 8.46. The molecule has 1 aromatic heterocycles. The number of aromatic nitrogens is 1. The molecule has 0 saturated heterocycles. The van der Waals surface area contributed by atoms with Crippen LogP contribution in [0, 0.1) is 11.3 Å². The molecule has 0 aliphatic heterocycles. The van der Waals surface area contributed by atoms with Crippen molar-refractivity contribution in [3.63, 3.8) is 0 Å². The number of nitriles is 1. The topological polar surface area (TPSA) is 36.7 Å². The molecule has 0 fully saturated rings. The summed E-state index contributed by atoms with van der Waals surface area (Å²) in [6, 6.07) is 3.50. The molecule has 1 heterocycles. The molecule has 0 aliphatic carbocycles. The van der Waals surface area contributed by atoms with Gasteiger partial charge in [-0.15, -0.1) is 0 Å². The van der Waals surface area contributed by atoms with Gasteiger partial charge in [-0.25, -0.2) is 4.98 Å². The van der Waals surface area contributed by atoms with E-state index in [0.717, 1.165) is 0 Å². The van der Waals surface area contributed by atoms with E-state index in [2.05, 4.69) is 20.9 Å². The van der Waals surface area contributed by atoms with E-state index in [1.165, 1.54) is 6.20 Å². The van der Waals surface area contributed by atoms with Crippen molar-refractivity contribution in [2.45, 2.75) is 0 Å². The molecule has 50 valence electrons. The normalized spacial score (nSPS) is 8.90. The Kier molecular flexibility index (Phi) is 2.25. The second-order valence-corrected chi connectivity index (χ2v) is 2.70. The van der Waals surface area contributed by atoms with E-state index < -0.39 is 0 Å². The number of halogens is 2. The quantitative estimate of drug-likeness (QED) is 0.626. The fourth-order valence-electron chi connectivity index (χ4n) is 0.505. The highest BCUT2D eigenvalue weighted by atomic mass is 79.9. The van der Waals surface area contributed by atoms with Crippen molar-refractivity contribution < 1.29 is 0 Å². The molecule has 0 aromatic carbocycles. The van der Waals surface area contributed by atoms with E-state index in [1.54, 1.807) is 6.07 Å². The highest BCUT2D eigenvalue weighted by Gasteiger charge is 2.02. The Hall–Kier alpha value is -0.590. The third-order valence-corrected chi connectivity index (χ3v) is 2.18. The fourth-order valence-corrected chi connectivity index (χ4v) is 0.990. The molecule has 0 saturated carbocycles. The van der Waals surface area contributed by atoms with E-state index in [9.17, 15) is 0 Å². The van der Waals surface area contributed by atoms with Gasteiger partial charge in [-0.05, 0) is 22.0 Å². The Bertz CT molecular complexity index is 292. The van der Waals surface area contributed by atoms with Crippen LogP contribution in [0.3, 0.4) is 0 Å². The lowest BCUT2D eigenvalue weighted by Crippen LogP contribution is -1.80. The Morgan fingerprint density at radius 3 is 2.90 bits per heavy atom. The third-order valence-electron chi connectivity index (χ3n) is 0.967. The summed E-state index contributed by atoms with van der Waals surface area (Å²) < 4.78 is 0.508. The van der Waals surface area contributed by atoms with E-state index in [0.29, 0.717) is 15.2 Å². The van der Waals surface area contributed by atoms with Gasteiger partial charge < -0.3 is 0 Å². The number of hydrogen-bond donors (Lipinski definition) is 0. The lowest BCUT2D eigenvalue weighted by molar-refractivity contribution is 1.26. The molecule has 0 aliphatic rings. The van der Waals surface area contributed by atoms with Crippen LogP contribution in [-0.2, 0) is 0 Å². The number of nitrogens with zero attached hydrogens (tertiary/aromatic N) is 2. The van der Waals surface area contributed by atoms with Crippen LogP contribution in [0.25, 0.3) is 0 Å². The van der Waals surface area contributed by atoms with Crippen LogP contribution < -0.4 is 0 Å².